The Morgan fingerprint density at radius 2 is 2.26 bits per heavy atom. The summed E-state index contributed by atoms with van der Waals surface area (Å²) >= 11 is 0. The molecule has 0 aliphatic heterocycles. The van der Waals surface area contributed by atoms with Gasteiger partial charge in [0.15, 0.2) is 5.82 Å². The van der Waals surface area contributed by atoms with Gasteiger partial charge in [-0.15, -0.1) is 0 Å². The van der Waals surface area contributed by atoms with Crippen LogP contribution >= 0.6 is 0 Å². The Balaban J connectivity index is 1.99. The van der Waals surface area contributed by atoms with E-state index in [0.29, 0.717) is 23.3 Å². The van der Waals surface area contributed by atoms with E-state index in [0.717, 1.165) is 12.2 Å². The smallest absolute Gasteiger partial charge is 0.206 e. The third kappa shape index (κ3) is 2.25. The molecule has 0 bridgehead atoms. The molecular formula is C13H17N5O. The fraction of sp³-hybridized carbons (Fsp3) is 0.462. The lowest BCUT2D eigenvalue weighted by molar-refractivity contribution is 0.409. The molecule has 0 radical (unpaired) electrons. The number of rotatable bonds is 5. The van der Waals surface area contributed by atoms with Crippen molar-refractivity contribution in [3.63, 3.8) is 0 Å². The molecule has 1 aliphatic rings. The predicted molar refractivity (Wildman–Crippen MR) is 71.8 cm³/mol. The second kappa shape index (κ2) is 4.87. The summed E-state index contributed by atoms with van der Waals surface area (Å²) in [7, 11) is 1.62. The van der Waals surface area contributed by atoms with Crippen LogP contribution in [-0.4, -0.2) is 33.4 Å². The van der Waals surface area contributed by atoms with Crippen LogP contribution in [0.3, 0.4) is 0 Å². The SMILES string of the molecule is CCNc1ncnc(-n2ccc(C3CC3)n2)c1OC. The molecule has 0 spiro atoms. The zero-order chi connectivity index (χ0) is 13.2. The van der Waals surface area contributed by atoms with Gasteiger partial charge in [0.1, 0.15) is 6.33 Å². The van der Waals surface area contributed by atoms with Gasteiger partial charge in [0.2, 0.25) is 11.6 Å². The first kappa shape index (κ1) is 12.0. The molecule has 100 valence electrons. The van der Waals surface area contributed by atoms with Gasteiger partial charge in [-0.25, -0.2) is 14.6 Å². The topological polar surface area (TPSA) is 64.9 Å². The average molecular weight is 259 g/mol. The van der Waals surface area contributed by atoms with Crippen LogP contribution in [0.25, 0.3) is 5.82 Å². The summed E-state index contributed by atoms with van der Waals surface area (Å²) in [5.41, 5.74) is 1.13. The van der Waals surface area contributed by atoms with Gasteiger partial charge in [0.05, 0.1) is 12.8 Å². The Morgan fingerprint density at radius 3 is 2.95 bits per heavy atom. The van der Waals surface area contributed by atoms with Crippen molar-refractivity contribution in [1.29, 1.82) is 0 Å². The Morgan fingerprint density at radius 1 is 1.42 bits per heavy atom. The third-order valence-electron chi connectivity index (χ3n) is 3.16. The summed E-state index contributed by atoms with van der Waals surface area (Å²) in [4.78, 5) is 8.47. The van der Waals surface area contributed by atoms with Crippen LogP contribution in [-0.2, 0) is 0 Å². The normalized spacial score (nSPS) is 14.4. The molecule has 1 saturated carbocycles. The fourth-order valence-electron chi connectivity index (χ4n) is 2.06. The summed E-state index contributed by atoms with van der Waals surface area (Å²) in [6, 6.07) is 2.05. The van der Waals surface area contributed by atoms with Crippen LogP contribution in [0.5, 0.6) is 5.75 Å². The van der Waals surface area contributed by atoms with Crippen molar-refractivity contribution < 1.29 is 4.74 Å². The van der Waals surface area contributed by atoms with Gasteiger partial charge in [-0.3, -0.25) is 0 Å². The minimum Gasteiger partial charge on any atom is -0.490 e. The van der Waals surface area contributed by atoms with Crippen LogP contribution in [0.4, 0.5) is 5.82 Å². The number of nitrogens with zero attached hydrogens (tertiary/aromatic N) is 4. The average Bonchev–Trinajstić information content (AvgIpc) is 3.17. The monoisotopic (exact) mass is 259 g/mol. The zero-order valence-corrected chi connectivity index (χ0v) is 11.1. The standard InChI is InChI=1S/C13H17N5O/c1-3-14-12-11(19-2)13(16-8-15-12)18-7-6-10(17-18)9-4-5-9/h6-9H,3-5H2,1-2H3,(H,14,15,16). The van der Waals surface area contributed by atoms with Crippen molar-refractivity contribution in [3.05, 3.63) is 24.3 Å². The number of hydrogen-bond donors (Lipinski definition) is 1. The fourth-order valence-corrected chi connectivity index (χ4v) is 2.06. The van der Waals surface area contributed by atoms with E-state index in [2.05, 4.69) is 20.4 Å². The molecule has 6 heteroatoms. The molecule has 6 nitrogen and oxygen atoms in total. The highest BCUT2D eigenvalue weighted by Gasteiger charge is 2.26. The van der Waals surface area contributed by atoms with Crippen LogP contribution < -0.4 is 10.1 Å². The quantitative estimate of drug-likeness (QED) is 0.889. The van der Waals surface area contributed by atoms with E-state index >= 15 is 0 Å². The molecule has 0 unspecified atom stereocenters. The van der Waals surface area contributed by atoms with Crippen molar-refractivity contribution in [1.82, 2.24) is 19.7 Å². The maximum atomic E-state index is 5.42. The van der Waals surface area contributed by atoms with E-state index in [4.69, 9.17) is 4.74 Å². The lowest BCUT2D eigenvalue weighted by Crippen LogP contribution is -2.08. The van der Waals surface area contributed by atoms with Gasteiger partial charge in [0.25, 0.3) is 0 Å². The number of aromatic nitrogens is 4. The van der Waals surface area contributed by atoms with E-state index in [1.165, 1.54) is 19.2 Å². The number of nitrogens with one attached hydrogen (secondary N) is 1. The van der Waals surface area contributed by atoms with Crippen molar-refractivity contribution in [3.8, 4) is 11.6 Å². The number of hydrogen-bond acceptors (Lipinski definition) is 5. The number of anilines is 1. The van der Waals surface area contributed by atoms with Crippen LogP contribution in [0.2, 0.25) is 0 Å². The van der Waals surface area contributed by atoms with E-state index in [-0.39, 0.29) is 0 Å². The third-order valence-corrected chi connectivity index (χ3v) is 3.16. The Kier molecular flexibility index (Phi) is 3.06. The van der Waals surface area contributed by atoms with Gasteiger partial charge in [-0.05, 0) is 25.8 Å². The highest BCUT2D eigenvalue weighted by Crippen LogP contribution is 2.39. The van der Waals surface area contributed by atoms with E-state index < -0.39 is 0 Å². The highest BCUT2D eigenvalue weighted by atomic mass is 16.5. The van der Waals surface area contributed by atoms with Crippen molar-refractivity contribution in [2.24, 2.45) is 0 Å². The molecule has 2 aromatic heterocycles. The van der Waals surface area contributed by atoms with E-state index in [9.17, 15) is 0 Å². The molecule has 2 aromatic rings. The molecule has 1 N–H and O–H groups in total. The van der Waals surface area contributed by atoms with E-state index in [1.807, 2.05) is 19.2 Å². The summed E-state index contributed by atoms with van der Waals surface area (Å²) in [5.74, 6) is 2.61. The molecule has 1 fully saturated rings. The Bertz CT molecular complexity index is 576. The maximum absolute atomic E-state index is 5.42. The lowest BCUT2D eigenvalue weighted by atomic mass is 10.3. The molecule has 0 atom stereocenters. The number of methoxy groups -OCH3 is 1. The highest BCUT2D eigenvalue weighted by molar-refractivity contribution is 5.57. The van der Waals surface area contributed by atoms with Crippen LogP contribution in [0.1, 0.15) is 31.4 Å². The summed E-state index contributed by atoms with van der Waals surface area (Å²) in [6.07, 6.45) is 5.92. The molecule has 0 amide bonds. The summed E-state index contributed by atoms with van der Waals surface area (Å²) in [5, 5.41) is 7.73. The predicted octanol–water partition coefficient (Wildman–Crippen LogP) is 1.98. The van der Waals surface area contributed by atoms with Crippen LogP contribution in [0, 0.1) is 0 Å². The van der Waals surface area contributed by atoms with Gasteiger partial charge in [0, 0.05) is 18.7 Å². The number of ether oxygens (including phenoxy) is 1. The molecule has 3 rings (SSSR count). The van der Waals surface area contributed by atoms with Crippen molar-refractivity contribution in [2.45, 2.75) is 25.7 Å². The minimum absolute atomic E-state index is 0.620. The molecule has 0 saturated heterocycles. The largest absolute Gasteiger partial charge is 0.490 e. The van der Waals surface area contributed by atoms with Gasteiger partial charge >= 0.3 is 0 Å². The minimum atomic E-state index is 0.620. The van der Waals surface area contributed by atoms with Gasteiger partial charge in [-0.1, -0.05) is 0 Å². The maximum Gasteiger partial charge on any atom is 0.206 e. The molecular weight excluding hydrogens is 242 g/mol. The Labute approximate surface area is 111 Å². The van der Waals surface area contributed by atoms with Crippen molar-refractivity contribution >= 4 is 5.82 Å². The van der Waals surface area contributed by atoms with Crippen molar-refractivity contribution in [2.75, 3.05) is 19.0 Å². The van der Waals surface area contributed by atoms with Crippen LogP contribution in [0.15, 0.2) is 18.6 Å². The zero-order valence-electron chi connectivity index (χ0n) is 11.1. The molecule has 2 heterocycles. The first-order valence-electron chi connectivity index (χ1n) is 6.52. The van der Waals surface area contributed by atoms with E-state index in [1.54, 1.807) is 11.8 Å². The van der Waals surface area contributed by atoms with Gasteiger partial charge < -0.3 is 10.1 Å². The summed E-state index contributed by atoms with van der Waals surface area (Å²) < 4.78 is 7.18. The second-order valence-electron chi connectivity index (χ2n) is 4.57. The lowest BCUT2D eigenvalue weighted by Gasteiger charge is -2.11. The molecule has 1 aliphatic carbocycles. The molecule has 0 aromatic carbocycles. The first-order valence-corrected chi connectivity index (χ1v) is 6.52. The second-order valence-corrected chi connectivity index (χ2v) is 4.57. The van der Waals surface area contributed by atoms with Gasteiger partial charge in [-0.2, -0.15) is 5.10 Å². The Hall–Kier alpha value is -2.11. The first-order chi connectivity index (χ1) is 9.33. The summed E-state index contributed by atoms with van der Waals surface area (Å²) in [6.45, 7) is 2.79. The molecule has 19 heavy (non-hydrogen) atoms.